The number of rotatable bonds is 9. The Bertz CT molecular complexity index is 1150. The maximum absolute atomic E-state index is 15.8. The molecule has 0 radical (unpaired) electrons. The van der Waals surface area contributed by atoms with Crippen LogP contribution in [0.3, 0.4) is 0 Å². The van der Waals surface area contributed by atoms with Gasteiger partial charge < -0.3 is 20.1 Å². The number of aliphatic hydroxyl groups is 2. The molecular formula is C22H24ClFN4O4. The van der Waals surface area contributed by atoms with Crippen LogP contribution in [0.15, 0.2) is 30.6 Å². The minimum absolute atomic E-state index is 0.0214. The molecule has 1 aromatic heterocycles. The van der Waals surface area contributed by atoms with Crippen LogP contribution >= 0.6 is 11.6 Å². The number of imidazole rings is 1. The molecule has 0 saturated heterocycles. The number of amides is 1. The van der Waals surface area contributed by atoms with Gasteiger partial charge in [0.05, 0.1) is 49.0 Å². The predicted octanol–water partition coefficient (Wildman–Crippen LogP) is 3.31. The fourth-order valence-electron chi connectivity index (χ4n) is 3.38. The molecular weight excluding hydrogens is 439 g/mol. The van der Waals surface area contributed by atoms with E-state index in [0.29, 0.717) is 23.2 Å². The van der Waals surface area contributed by atoms with Crippen LogP contribution < -0.4 is 10.8 Å². The highest BCUT2D eigenvalue weighted by molar-refractivity contribution is 6.30. The van der Waals surface area contributed by atoms with E-state index >= 15 is 4.39 Å². The quantitative estimate of drug-likeness (QED) is 0.363. The lowest BCUT2D eigenvalue weighted by Gasteiger charge is -2.17. The second-order valence-electron chi connectivity index (χ2n) is 7.98. The third-order valence-electron chi connectivity index (χ3n) is 5.34. The van der Waals surface area contributed by atoms with E-state index in [4.69, 9.17) is 21.5 Å². The van der Waals surface area contributed by atoms with Crippen molar-refractivity contribution in [3.63, 3.8) is 0 Å². The van der Waals surface area contributed by atoms with Gasteiger partial charge in [-0.15, -0.1) is 0 Å². The number of hydrogen-bond donors (Lipinski definition) is 4. The lowest BCUT2D eigenvalue weighted by molar-refractivity contribution is 0.0271. The Morgan fingerprint density at radius 2 is 2.19 bits per heavy atom. The minimum atomic E-state index is -1.08. The predicted molar refractivity (Wildman–Crippen MR) is 118 cm³/mol. The summed E-state index contributed by atoms with van der Waals surface area (Å²) in [5, 5.41) is 22.5. The van der Waals surface area contributed by atoms with Crippen LogP contribution in [0.5, 0.6) is 0 Å². The largest absolute Gasteiger partial charge is 0.394 e. The lowest BCUT2D eigenvalue weighted by Crippen LogP contribution is -2.26. The SMILES string of the molecule is Cc1cc(Cl)ccc1Nc1c(C(=O)NOCC2CC2)cc2ncn(CC(O)CO)c2c1F. The van der Waals surface area contributed by atoms with Gasteiger partial charge in [0.25, 0.3) is 5.91 Å². The molecule has 1 aliphatic rings. The van der Waals surface area contributed by atoms with Crippen LogP contribution in [0, 0.1) is 18.7 Å². The topological polar surface area (TPSA) is 109 Å². The number of anilines is 2. The van der Waals surface area contributed by atoms with E-state index in [1.54, 1.807) is 18.2 Å². The zero-order valence-corrected chi connectivity index (χ0v) is 18.2. The van der Waals surface area contributed by atoms with Crippen molar-refractivity contribution < 1.29 is 24.2 Å². The van der Waals surface area contributed by atoms with Crippen LogP contribution in [-0.2, 0) is 11.4 Å². The summed E-state index contributed by atoms with van der Waals surface area (Å²) >= 11 is 6.03. The number of aliphatic hydroxyl groups excluding tert-OH is 2. The van der Waals surface area contributed by atoms with Crippen molar-refractivity contribution in [2.75, 3.05) is 18.5 Å². The molecule has 1 heterocycles. The number of nitrogens with one attached hydrogen (secondary N) is 2. The maximum Gasteiger partial charge on any atom is 0.277 e. The van der Waals surface area contributed by atoms with E-state index in [2.05, 4.69) is 15.8 Å². The molecule has 0 bridgehead atoms. The van der Waals surface area contributed by atoms with E-state index in [1.807, 2.05) is 6.92 Å². The first kappa shape index (κ1) is 22.5. The number of aryl methyl sites for hydroxylation is 1. The van der Waals surface area contributed by atoms with Gasteiger partial charge in [0.1, 0.15) is 5.52 Å². The normalized spacial score (nSPS) is 14.5. The monoisotopic (exact) mass is 462 g/mol. The van der Waals surface area contributed by atoms with Crippen molar-refractivity contribution in [3.8, 4) is 0 Å². The second-order valence-corrected chi connectivity index (χ2v) is 8.42. The molecule has 0 spiro atoms. The highest BCUT2D eigenvalue weighted by atomic mass is 35.5. The Kier molecular flexibility index (Phi) is 6.61. The van der Waals surface area contributed by atoms with Gasteiger partial charge in [-0.1, -0.05) is 11.6 Å². The van der Waals surface area contributed by atoms with Gasteiger partial charge in [-0.2, -0.15) is 0 Å². The van der Waals surface area contributed by atoms with Gasteiger partial charge in [0, 0.05) is 10.7 Å². The fraction of sp³-hybridized carbons (Fsp3) is 0.364. The molecule has 1 atom stereocenters. The molecule has 4 N–H and O–H groups in total. The van der Waals surface area contributed by atoms with Crippen LogP contribution in [-0.4, -0.2) is 45.0 Å². The number of aromatic nitrogens is 2. The van der Waals surface area contributed by atoms with Gasteiger partial charge in [-0.05, 0) is 55.5 Å². The number of fused-ring (bicyclic) bond motifs is 1. The van der Waals surface area contributed by atoms with Crippen molar-refractivity contribution >= 4 is 39.9 Å². The van der Waals surface area contributed by atoms with E-state index in [-0.39, 0.29) is 28.8 Å². The summed E-state index contributed by atoms with van der Waals surface area (Å²) in [5.74, 6) is -0.880. The van der Waals surface area contributed by atoms with Crippen LogP contribution in [0.1, 0.15) is 28.8 Å². The van der Waals surface area contributed by atoms with Crippen molar-refractivity contribution in [3.05, 3.63) is 52.6 Å². The summed E-state index contributed by atoms with van der Waals surface area (Å²) in [6.07, 6.45) is 2.40. The van der Waals surface area contributed by atoms with Gasteiger partial charge in [0.15, 0.2) is 5.82 Å². The van der Waals surface area contributed by atoms with Gasteiger partial charge in [-0.25, -0.2) is 14.9 Å². The smallest absolute Gasteiger partial charge is 0.277 e. The first-order chi connectivity index (χ1) is 15.4. The Labute approximate surface area is 188 Å². The Morgan fingerprint density at radius 1 is 1.41 bits per heavy atom. The van der Waals surface area contributed by atoms with Gasteiger partial charge >= 0.3 is 0 Å². The van der Waals surface area contributed by atoms with Crippen LogP contribution in [0.2, 0.25) is 5.02 Å². The van der Waals surface area contributed by atoms with E-state index in [9.17, 15) is 9.90 Å². The second kappa shape index (κ2) is 9.41. The summed E-state index contributed by atoms with van der Waals surface area (Å²) < 4.78 is 17.2. The molecule has 2 aromatic carbocycles. The number of hydroxylamine groups is 1. The molecule has 1 saturated carbocycles. The number of benzene rings is 2. The zero-order valence-electron chi connectivity index (χ0n) is 17.4. The molecule has 1 fully saturated rings. The van der Waals surface area contributed by atoms with Crippen molar-refractivity contribution in [1.29, 1.82) is 0 Å². The first-order valence-electron chi connectivity index (χ1n) is 10.3. The standard InChI is InChI=1S/C22H24ClFN4O4/c1-12-6-14(23)4-5-17(12)26-20-16(22(31)27-32-10-13-2-3-13)7-18-21(19(20)24)28(11-25-18)8-15(30)9-29/h4-7,11,13,15,26,29-30H,2-3,8-10H2,1H3,(H,27,31). The highest BCUT2D eigenvalue weighted by Gasteiger charge is 2.25. The summed E-state index contributed by atoms with van der Waals surface area (Å²) in [6, 6.07) is 6.54. The van der Waals surface area contributed by atoms with Crippen molar-refractivity contribution in [2.24, 2.45) is 5.92 Å². The third-order valence-corrected chi connectivity index (χ3v) is 5.57. The van der Waals surface area contributed by atoms with Gasteiger partial charge in [-0.3, -0.25) is 9.63 Å². The maximum atomic E-state index is 15.8. The van der Waals surface area contributed by atoms with E-state index in [0.717, 1.165) is 18.4 Å². The number of carbonyl (C=O) groups is 1. The third kappa shape index (κ3) is 4.86. The minimum Gasteiger partial charge on any atom is -0.394 e. The van der Waals surface area contributed by atoms with E-state index < -0.39 is 24.4 Å². The Hall–Kier alpha value is -2.72. The lowest BCUT2D eigenvalue weighted by atomic mass is 10.1. The summed E-state index contributed by atoms with van der Waals surface area (Å²) in [4.78, 5) is 22.3. The molecule has 170 valence electrons. The average molecular weight is 463 g/mol. The number of halogens is 2. The first-order valence-corrected chi connectivity index (χ1v) is 10.7. The van der Waals surface area contributed by atoms with Crippen LogP contribution in [0.4, 0.5) is 15.8 Å². The van der Waals surface area contributed by atoms with E-state index in [1.165, 1.54) is 17.0 Å². The van der Waals surface area contributed by atoms with Crippen molar-refractivity contribution in [1.82, 2.24) is 15.0 Å². The number of nitrogens with zero attached hydrogens (tertiary/aromatic N) is 2. The Morgan fingerprint density at radius 3 is 2.88 bits per heavy atom. The molecule has 0 aliphatic heterocycles. The molecule has 4 rings (SSSR count). The summed E-state index contributed by atoms with van der Waals surface area (Å²) in [5.41, 5.74) is 4.01. The molecule has 10 heteroatoms. The molecule has 1 amide bonds. The summed E-state index contributed by atoms with van der Waals surface area (Å²) in [7, 11) is 0. The molecule has 1 aliphatic carbocycles. The molecule has 32 heavy (non-hydrogen) atoms. The Balaban J connectivity index is 1.75. The fourth-order valence-corrected chi connectivity index (χ4v) is 3.61. The van der Waals surface area contributed by atoms with Gasteiger partial charge in [0.2, 0.25) is 0 Å². The highest BCUT2D eigenvalue weighted by Crippen LogP contribution is 2.33. The summed E-state index contributed by atoms with van der Waals surface area (Å²) in [6.45, 7) is 1.68. The number of carbonyl (C=O) groups excluding carboxylic acids is 1. The number of hydrogen-bond acceptors (Lipinski definition) is 6. The van der Waals surface area contributed by atoms with Crippen LogP contribution in [0.25, 0.3) is 11.0 Å². The molecule has 3 aromatic rings. The average Bonchev–Trinajstić information content (AvgIpc) is 3.50. The zero-order chi connectivity index (χ0) is 22.8. The molecule has 1 unspecified atom stereocenters. The van der Waals surface area contributed by atoms with Crippen molar-refractivity contribution in [2.45, 2.75) is 32.4 Å². The molecule has 8 nitrogen and oxygen atoms in total.